The zero-order valence-electron chi connectivity index (χ0n) is 12.6. The van der Waals surface area contributed by atoms with Gasteiger partial charge < -0.3 is 5.32 Å². The Bertz CT molecular complexity index is 598. The SMILES string of the molecule is Cc1ccc2cc(CN3[C@H](C)CNC[C@@H]3C)ccc2n1. The summed E-state index contributed by atoms with van der Waals surface area (Å²) >= 11 is 0. The zero-order valence-corrected chi connectivity index (χ0v) is 12.6. The Labute approximate surface area is 121 Å². The number of nitrogens with one attached hydrogen (secondary N) is 1. The van der Waals surface area contributed by atoms with Crippen molar-refractivity contribution in [2.24, 2.45) is 0 Å². The molecule has 0 spiro atoms. The first-order valence-electron chi connectivity index (χ1n) is 7.46. The Morgan fingerprint density at radius 3 is 2.65 bits per heavy atom. The maximum Gasteiger partial charge on any atom is 0.0705 e. The van der Waals surface area contributed by atoms with E-state index < -0.39 is 0 Å². The van der Waals surface area contributed by atoms with Crippen molar-refractivity contribution in [2.75, 3.05) is 13.1 Å². The van der Waals surface area contributed by atoms with Crippen LogP contribution in [0.1, 0.15) is 25.1 Å². The van der Waals surface area contributed by atoms with Crippen molar-refractivity contribution >= 4 is 10.9 Å². The molecule has 1 fully saturated rings. The lowest BCUT2D eigenvalue weighted by Crippen LogP contribution is -2.54. The summed E-state index contributed by atoms with van der Waals surface area (Å²) < 4.78 is 0. The van der Waals surface area contributed by atoms with E-state index in [1.807, 2.05) is 6.92 Å². The second kappa shape index (κ2) is 5.51. The first kappa shape index (κ1) is 13.5. The number of aromatic nitrogens is 1. The molecule has 1 aliphatic heterocycles. The van der Waals surface area contributed by atoms with Gasteiger partial charge in [-0.15, -0.1) is 0 Å². The first-order valence-corrected chi connectivity index (χ1v) is 7.46. The summed E-state index contributed by atoms with van der Waals surface area (Å²) in [5, 5.41) is 4.72. The number of nitrogens with zero attached hydrogens (tertiary/aromatic N) is 2. The summed E-state index contributed by atoms with van der Waals surface area (Å²) in [6.07, 6.45) is 0. The van der Waals surface area contributed by atoms with E-state index in [2.05, 4.69) is 59.4 Å². The van der Waals surface area contributed by atoms with Gasteiger partial charge in [-0.3, -0.25) is 9.88 Å². The molecule has 2 atom stereocenters. The Kier molecular flexibility index (Phi) is 3.72. The molecule has 0 amide bonds. The fourth-order valence-corrected chi connectivity index (χ4v) is 3.07. The van der Waals surface area contributed by atoms with Crippen molar-refractivity contribution in [1.29, 1.82) is 0 Å². The van der Waals surface area contributed by atoms with Gasteiger partial charge in [-0.2, -0.15) is 0 Å². The van der Waals surface area contributed by atoms with Gasteiger partial charge >= 0.3 is 0 Å². The highest BCUT2D eigenvalue weighted by Gasteiger charge is 2.24. The van der Waals surface area contributed by atoms with Crippen molar-refractivity contribution < 1.29 is 0 Å². The Morgan fingerprint density at radius 2 is 1.90 bits per heavy atom. The van der Waals surface area contributed by atoms with Crippen LogP contribution in [0.2, 0.25) is 0 Å². The third-order valence-corrected chi connectivity index (χ3v) is 4.27. The van der Waals surface area contributed by atoms with Crippen LogP contribution in [0.25, 0.3) is 10.9 Å². The molecule has 3 nitrogen and oxygen atoms in total. The summed E-state index contributed by atoms with van der Waals surface area (Å²) in [5.41, 5.74) is 3.55. The maximum absolute atomic E-state index is 4.57. The van der Waals surface area contributed by atoms with Crippen LogP contribution in [0, 0.1) is 6.92 Å². The molecular weight excluding hydrogens is 246 g/mol. The van der Waals surface area contributed by atoms with Gasteiger partial charge in [0.2, 0.25) is 0 Å². The van der Waals surface area contributed by atoms with E-state index in [0.717, 1.165) is 30.8 Å². The van der Waals surface area contributed by atoms with Crippen LogP contribution in [0.3, 0.4) is 0 Å². The molecule has 1 aromatic carbocycles. The Balaban J connectivity index is 1.85. The predicted octanol–water partition coefficient (Wildman–Crippen LogP) is 2.73. The van der Waals surface area contributed by atoms with Gasteiger partial charge in [0, 0.05) is 42.8 Å². The number of rotatable bonds is 2. The normalized spacial score (nSPS) is 24.1. The standard InChI is InChI=1S/C17H23N3/c1-12-4-6-16-8-15(5-7-17(16)19-12)11-20-13(2)9-18-10-14(20)3/h4-8,13-14,18H,9-11H2,1-3H3/t13-,14+. The molecule has 0 bridgehead atoms. The number of pyridine rings is 1. The first-order chi connectivity index (χ1) is 9.63. The van der Waals surface area contributed by atoms with Gasteiger partial charge in [-0.25, -0.2) is 0 Å². The van der Waals surface area contributed by atoms with Crippen LogP contribution in [0.4, 0.5) is 0 Å². The summed E-state index contributed by atoms with van der Waals surface area (Å²) in [4.78, 5) is 7.15. The average molecular weight is 269 g/mol. The zero-order chi connectivity index (χ0) is 14.1. The predicted molar refractivity (Wildman–Crippen MR) is 83.8 cm³/mol. The summed E-state index contributed by atoms with van der Waals surface area (Å²) in [7, 11) is 0. The summed E-state index contributed by atoms with van der Waals surface area (Å²) in [6, 6.07) is 12.1. The van der Waals surface area contributed by atoms with Crippen molar-refractivity contribution in [3.05, 3.63) is 41.6 Å². The van der Waals surface area contributed by atoms with Gasteiger partial charge in [-0.1, -0.05) is 12.1 Å². The second-order valence-corrected chi connectivity index (χ2v) is 6.01. The highest BCUT2D eigenvalue weighted by molar-refractivity contribution is 5.79. The molecule has 20 heavy (non-hydrogen) atoms. The smallest absolute Gasteiger partial charge is 0.0705 e. The Morgan fingerprint density at radius 1 is 1.15 bits per heavy atom. The molecule has 2 aromatic rings. The molecule has 1 aromatic heterocycles. The number of hydrogen-bond donors (Lipinski definition) is 1. The molecule has 1 N–H and O–H groups in total. The van der Waals surface area contributed by atoms with Gasteiger partial charge in [0.25, 0.3) is 0 Å². The van der Waals surface area contributed by atoms with Crippen molar-refractivity contribution in [2.45, 2.75) is 39.4 Å². The highest BCUT2D eigenvalue weighted by atomic mass is 15.2. The van der Waals surface area contributed by atoms with E-state index in [1.54, 1.807) is 0 Å². The molecule has 106 valence electrons. The average Bonchev–Trinajstić information content (AvgIpc) is 2.43. The lowest BCUT2D eigenvalue weighted by molar-refractivity contribution is 0.109. The third kappa shape index (κ3) is 2.69. The van der Waals surface area contributed by atoms with Crippen LogP contribution in [-0.4, -0.2) is 35.1 Å². The molecule has 0 radical (unpaired) electrons. The fourth-order valence-electron chi connectivity index (χ4n) is 3.07. The number of aryl methyl sites for hydroxylation is 1. The van der Waals surface area contributed by atoms with E-state index >= 15 is 0 Å². The topological polar surface area (TPSA) is 28.2 Å². The number of benzene rings is 1. The van der Waals surface area contributed by atoms with Crippen molar-refractivity contribution in [3.63, 3.8) is 0 Å². The minimum atomic E-state index is 0.589. The van der Waals surface area contributed by atoms with Crippen molar-refractivity contribution in [3.8, 4) is 0 Å². The molecule has 3 rings (SSSR count). The molecule has 3 heteroatoms. The third-order valence-electron chi connectivity index (χ3n) is 4.27. The van der Waals surface area contributed by atoms with Gasteiger partial charge in [0.1, 0.15) is 0 Å². The van der Waals surface area contributed by atoms with E-state index in [9.17, 15) is 0 Å². The van der Waals surface area contributed by atoms with E-state index in [1.165, 1.54) is 10.9 Å². The minimum Gasteiger partial charge on any atom is -0.314 e. The van der Waals surface area contributed by atoms with E-state index in [0.29, 0.717) is 12.1 Å². The summed E-state index contributed by atoms with van der Waals surface area (Å²) in [5.74, 6) is 0. The maximum atomic E-state index is 4.57. The summed E-state index contributed by atoms with van der Waals surface area (Å²) in [6.45, 7) is 9.83. The monoisotopic (exact) mass is 269 g/mol. The molecule has 1 aliphatic rings. The van der Waals surface area contributed by atoms with E-state index in [-0.39, 0.29) is 0 Å². The molecule has 1 saturated heterocycles. The number of hydrogen-bond acceptors (Lipinski definition) is 3. The van der Waals surface area contributed by atoms with Crippen LogP contribution >= 0.6 is 0 Å². The quantitative estimate of drug-likeness (QED) is 0.908. The Hall–Kier alpha value is -1.45. The molecular formula is C17H23N3. The van der Waals surface area contributed by atoms with Crippen LogP contribution in [0.5, 0.6) is 0 Å². The van der Waals surface area contributed by atoms with Crippen LogP contribution in [-0.2, 0) is 6.54 Å². The molecule has 0 unspecified atom stereocenters. The van der Waals surface area contributed by atoms with Gasteiger partial charge in [-0.05, 0) is 44.5 Å². The number of piperazine rings is 1. The highest BCUT2D eigenvalue weighted by Crippen LogP contribution is 2.19. The van der Waals surface area contributed by atoms with Crippen LogP contribution in [0.15, 0.2) is 30.3 Å². The molecule has 2 heterocycles. The fraction of sp³-hybridized carbons (Fsp3) is 0.471. The lowest BCUT2D eigenvalue weighted by atomic mass is 10.1. The molecule has 0 saturated carbocycles. The lowest BCUT2D eigenvalue weighted by Gasteiger charge is -2.39. The van der Waals surface area contributed by atoms with Crippen LogP contribution < -0.4 is 5.32 Å². The van der Waals surface area contributed by atoms with Gasteiger partial charge in [0.05, 0.1) is 5.52 Å². The molecule has 0 aliphatic carbocycles. The minimum absolute atomic E-state index is 0.589. The second-order valence-electron chi connectivity index (χ2n) is 6.01. The van der Waals surface area contributed by atoms with Gasteiger partial charge in [0.15, 0.2) is 0 Å². The number of fused-ring (bicyclic) bond motifs is 1. The van der Waals surface area contributed by atoms with Crippen molar-refractivity contribution in [1.82, 2.24) is 15.2 Å². The largest absolute Gasteiger partial charge is 0.314 e. The van der Waals surface area contributed by atoms with E-state index in [4.69, 9.17) is 0 Å².